The van der Waals surface area contributed by atoms with Crippen LogP contribution in [0.25, 0.3) is 33.4 Å². The Hall–Kier alpha value is -6.47. The Morgan fingerprint density at radius 3 is 1.73 bits per heavy atom. The van der Waals surface area contributed by atoms with Crippen molar-refractivity contribution in [2.75, 3.05) is 0 Å². The summed E-state index contributed by atoms with van der Waals surface area (Å²) in [6.45, 7) is 0.421. The van der Waals surface area contributed by atoms with E-state index in [0.29, 0.717) is 23.3 Å². The molecule has 0 saturated carbocycles. The summed E-state index contributed by atoms with van der Waals surface area (Å²) >= 11 is 0. The third-order valence-corrected chi connectivity index (χ3v) is 8.88. The molecule has 7 heteroatoms. The second-order valence-corrected chi connectivity index (χ2v) is 11.7. The smallest absolute Gasteiger partial charge is 0.261 e. The lowest BCUT2D eigenvalue weighted by atomic mass is 9.77. The van der Waals surface area contributed by atoms with Gasteiger partial charge in [0.05, 0.1) is 23.8 Å². The molecule has 230 valence electrons. The number of rotatable bonds is 8. The fourth-order valence-electron chi connectivity index (χ4n) is 6.62. The van der Waals surface area contributed by atoms with Crippen molar-refractivity contribution in [3.63, 3.8) is 0 Å². The molecule has 2 heterocycles. The summed E-state index contributed by atoms with van der Waals surface area (Å²) in [5.41, 5.74) is 6.80. The Bertz CT molecular complexity index is 2290. The van der Waals surface area contributed by atoms with E-state index in [1.807, 2.05) is 59.3 Å². The summed E-state index contributed by atoms with van der Waals surface area (Å²) in [6.07, 6.45) is 1.62. The zero-order chi connectivity index (χ0) is 32.3. The van der Waals surface area contributed by atoms with E-state index in [-0.39, 0.29) is 5.56 Å². The normalized spacial score (nSPS) is 11.5. The molecule has 0 atom stereocenters. The maximum atomic E-state index is 13.1. The van der Waals surface area contributed by atoms with Gasteiger partial charge in [-0.1, -0.05) is 152 Å². The van der Waals surface area contributed by atoms with Gasteiger partial charge in [0.1, 0.15) is 5.54 Å². The summed E-state index contributed by atoms with van der Waals surface area (Å²) < 4.78 is 3.61. The highest BCUT2D eigenvalue weighted by Crippen LogP contribution is 2.43. The zero-order valence-electron chi connectivity index (χ0n) is 26.0. The predicted octanol–water partition coefficient (Wildman–Crippen LogP) is 7.61. The maximum Gasteiger partial charge on any atom is 0.261 e. The molecule has 7 nitrogen and oxygen atoms in total. The van der Waals surface area contributed by atoms with E-state index >= 15 is 0 Å². The molecule has 0 fully saturated rings. The maximum absolute atomic E-state index is 13.1. The van der Waals surface area contributed by atoms with E-state index in [2.05, 4.69) is 124 Å². The van der Waals surface area contributed by atoms with Crippen LogP contribution in [0.2, 0.25) is 0 Å². The van der Waals surface area contributed by atoms with Crippen LogP contribution in [-0.2, 0) is 12.1 Å². The Balaban J connectivity index is 1.24. The van der Waals surface area contributed by atoms with Gasteiger partial charge in [-0.2, -0.15) is 0 Å². The highest BCUT2D eigenvalue weighted by atomic mass is 16.1. The Morgan fingerprint density at radius 2 is 1.10 bits per heavy atom. The minimum absolute atomic E-state index is 0.0550. The molecule has 8 aromatic rings. The van der Waals surface area contributed by atoms with Crippen molar-refractivity contribution >= 4 is 10.9 Å². The molecule has 0 aliphatic rings. The zero-order valence-corrected chi connectivity index (χ0v) is 26.0. The number of benzene rings is 6. The Morgan fingerprint density at radius 1 is 0.562 bits per heavy atom. The lowest BCUT2D eigenvalue weighted by Gasteiger charge is -2.36. The van der Waals surface area contributed by atoms with Crippen LogP contribution < -0.4 is 5.56 Å². The standard InChI is InChI=1S/C41H30N6O/c48-40-37-22-12-13-23-38(37)42-29-46(40)28-30-24-26-31(27-25-30)35-20-10-11-21-36(35)39-43-44-45-47(39)41(32-14-4-1-5-15-32,33-16-6-2-7-17-33)34-18-8-3-9-19-34/h1-27,29H,28H2. The van der Waals surface area contributed by atoms with Crippen LogP contribution in [0, 0.1) is 0 Å². The van der Waals surface area contributed by atoms with Gasteiger partial charge in [0.15, 0.2) is 5.82 Å². The average molecular weight is 623 g/mol. The lowest BCUT2D eigenvalue weighted by molar-refractivity contribution is 0.451. The molecular formula is C41H30N6O. The van der Waals surface area contributed by atoms with Gasteiger partial charge in [0.2, 0.25) is 0 Å². The number of tetrazole rings is 1. The average Bonchev–Trinajstić information content (AvgIpc) is 3.65. The van der Waals surface area contributed by atoms with E-state index in [1.54, 1.807) is 10.9 Å². The van der Waals surface area contributed by atoms with Crippen molar-refractivity contribution in [2.45, 2.75) is 12.1 Å². The second kappa shape index (κ2) is 12.4. The molecule has 0 unspecified atom stereocenters. The van der Waals surface area contributed by atoms with Crippen molar-refractivity contribution in [1.29, 1.82) is 0 Å². The molecule has 0 radical (unpaired) electrons. The van der Waals surface area contributed by atoms with Crippen molar-refractivity contribution in [3.8, 4) is 22.5 Å². The minimum atomic E-state index is -0.860. The Kier molecular flexibility index (Phi) is 7.47. The summed E-state index contributed by atoms with van der Waals surface area (Å²) in [5.74, 6) is 0.639. The number of fused-ring (bicyclic) bond motifs is 1. The first kappa shape index (κ1) is 29.0. The van der Waals surface area contributed by atoms with Gasteiger partial charge in [-0.05, 0) is 55.9 Å². The Labute approximate surface area is 277 Å². The molecule has 0 amide bonds. The van der Waals surface area contributed by atoms with E-state index in [4.69, 9.17) is 5.21 Å². The van der Waals surface area contributed by atoms with Crippen LogP contribution in [0.4, 0.5) is 0 Å². The first-order valence-electron chi connectivity index (χ1n) is 15.8. The van der Waals surface area contributed by atoms with E-state index in [0.717, 1.165) is 38.9 Å². The first-order chi connectivity index (χ1) is 23.7. The number of aromatic nitrogens is 6. The van der Waals surface area contributed by atoms with Gasteiger partial charge in [0.25, 0.3) is 5.56 Å². The molecule has 0 aliphatic carbocycles. The minimum Gasteiger partial charge on any atom is -0.294 e. The van der Waals surface area contributed by atoms with E-state index in [1.165, 1.54) is 0 Å². The largest absolute Gasteiger partial charge is 0.294 e. The lowest BCUT2D eigenvalue weighted by Crippen LogP contribution is -2.39. The number of hydrogen-bond acceptors (Lipinski definition) is 5. The molecule has 6 aromatic carbocycles. The summed E-state index contributed by atoms with van der Waals surface area (Å²) in [4.78, 5) is 17.6. The number of hydrogen-bond donors (Lipinski definition) is 0. The highest BCUT2D eigenvalue weighted by Gasteiger charge is 2.42. The van der Waals surface area contributed by atoms with Crippen molar-refractivity contribution in [3.05, 3.63) is 203 Å². The van der Waals surface area contributed by atoms with Gasteiger partial charge in [-0.25, -0.2) is 9.67 Å². The quantitative estimate of drug-likeness (QED) is 0.163. The first-order valence-corrected chi connectivity index (χ1v) is 15.8. The fourth-order valence-corrected chi connectivity index (χ4v) is 6.62. The SMILES string of the molecule is O=c1c2ccccc2ncn1Cc1ccc(-c2ccccc2-c2nnnn2C(c2ccccc2)(c2ccccc2)c2ccccc2)cc1. The van der Waals surface area contributed by atoms with Gasteiger partial charge >= 0.3 is 0 Å². The van der Waals surface area contributed by atoms with Crippen LogP contribution in [0.5, 0.6) is 0 Å². The molecule has 2 aromatic heterocycles. The summed E-state index contributed by atoms with van der Waals surface area (Å²) in [7, 11) is 0. The number of nitrogens with zero attached hydrogens (tertiary/aromatic N) is 6. The van der Waals surface area contributed by atoms with Crippen LogP contribution in [-0.4, -0.2) is 29.8 Å². The third-order valence-electron chi connectivity index (χ3n) is 8.88. The molecule has 48 heavy (non-hydrogen) atoms. The van der Waals surface area contributed by atoms with Crippen LogP contribution >= 0.6 is 0 Å². The molecule has 0 N–H and O–H groups in total. The molecular weight excluding hydrogens is 592 g/mol. The van der Waals surface area contributed by atoms with Crippen molar-refractivity contribution in [1.82, 2.24) is 29.8 Å². The summed E-state index contributed by atoms with van der Waals surface area (Å²) in [6, 6.07) is 55.1. The molecule has 0 spiro atoms. The summed E-state index contributed by atoms with van der Waals surface area (Å²) in [5, 5.41) is 14.3. The molecule has 0 saturated heterocycles. The third kappa shape index (κ3) is 4.98. The van der Waals surface area contributed by atoms with Crippen molar-refractivity contribution in [2.24, 2.45) is 0 Å². The van der Waals surface area contributed by atoms with E-state index < -0.39 is 5.54 Å². The fraction of sp³-hybridized carbons (Fsp3) is 0.0488. The molecule has 0 aliphatic heterocycles. The van der Waals surface area contributed by atoms with Gasteiger partial charge < -0.3 is 0 Å². The second-order valence-electron chi connectivity index (χ2n) is 11.7. The van der Waals surface area contributed by atoms with Gasteiger partial charge in [-0.3, -0.25) is 9.36 Å². The van der Waals surface area contributed by atoms with Gasteiger partial charge in [-0.15, -0.1) is 5.10 Å². The predicted molar refractivity (Wildman–Crippen MR) is 188 cm³/mol. The van der Waals surface area contributed by atoms with Crippen LogP contribution in [0.1, 0.15) is 22.3 Å². The monoisotopic (exact) mass is 622 g/mol. The molecule has 8 rings (SSSR count). The van der Waals surface area contributed by atoms with Crippen LogP contribution in [0.15, 0.2) is 175 Å². The molecule has 0 bridgehead atoms. The van der Waals surface area contributed by atoms with E-state index in [9.17, 15) is 4.79 Å². The topological polar surface area (TPSA) is 78.5 Å². The van der Waals surface area contributed by atoms with Crippen LogP contribution in [0.3, 0.4) is 0 Å². The van der Waals surface area contributed by atoms with Crippen molar-refractivity contribution < 1.29 is 0 Å². The highest BCUT2D eigenvalue weighted by molar-refractivity contribution is 5.81. The van der Waals surface area contributed by atoms with Gasteiger partial charge in [0, 0.05) is 5.56 Å². The number of para-hydroxylation sites is 1.